The van der Waals surface area contributed by atoms with Gasteiger partial charge in [-0.3, -0.25) is 4.79 Å². The Bertz CT molecular complexity index is 1190. The second-order valence-electron chi connectivity index (χ2n) is 6.74. The first-order valence-electron chi connectivity index (χ1n) is 9.64. The molecule has 11 heteroatoms. The van der Waals surface area contributed by atoms with E-state index in [0.717, 1.165) is 12.1 Å². The van der Waals surface area contributed by atoms with Gasteiger partial charge in [0.25, 0.3) is 5.91 Å². The summed E-state index contributed by atoms with van der Waals surface area (Å²) in [6, 6.07) is 9.64. The third-order valence-electron chi connectivity index (χ3n) is 4.53. The normalized spacial score (nSPS) is 11.0. The molecular weight excluding hydrogens is 441 g/mol. The lowest BCUT2D eigenvalue weighted by atomic mass is 10.0. The van der Waals surface area contributed by atoms with Gasteiger partial charge in [-0.2, -0.15) is 13.2 Å². The van der Waals surface area contributed by atoms with Crippen LogP contribution in [0.15, 0.2) is 54.7 Å². The monoisotopic (exact) mass is 460 g/mol. The molecule has 5 N–H and O–H groups in total. The molecule has 1 aromatic heterocycles. The van der Waals surface area contributed by atoms with Gasteiger partial charge in [0.15, 0.2) is 0 Å². The van der Waals surface area contributed by atoms with E-state index in [0.29, 0.717) is 5.56 Å². The van der Waals surface area contributed by atoms with Gasteiger partial charge < -0.3 is 26.1 Å². The van der Waals surface area contributed by atoms with Crippen molar-refractivity contribution in [2.24, 2.45) is 5.73 Å². The molecule has 0 fully saturated rings. The molecule has 0 aliphatic carbocycles. The number of para-hydroxylation sites is 1. The van der Waals surface area contributed by atoms with Crippen molar-refractivity contribution in [1.82, 2.24) is 4.98 Å². The van der Waals surface area contributed by atoms with Crippen LogP contribution in [0, 0.1) is 0 Å². The highest BCUT2D eigenvalue weighted by Gasteiger charge is 2.33. The number of primary amides is 1. The molecule has 0 saturated carbocycles. The van der Waals surface area contributed by atoms with Crippen molar-refractivity contribution in [1.29, 1.82) is 0 Å². The third-order valence-corrected chi connectivity index (χ3v) is 4.53. The van der Waals surface area contributed by atoms with E-state index >= 15 is 0 Å². The number of aromatic nitrogens is 1. The minimum atomic E-state index is -4.63. The Morgan fingerprint density at radius 1 is 1.03 bits per heavy atom. The van der Waals surface area contributed by atoms with Crippen LogP contribution in [0.5, 0.6) is 0 Å². The number of hydrogen-bond acceptors (Lipinski definition) is 4. The molecule has 0 radical (unpaired) electrons. The van der Waals surface area contributed by atoms with E-state index in [1.165, 1.54) is 42.6 Å². The quantitative estimate of drug-likeness (QED) is 0.401. The predicted octanol–water partition coefficient (Wildman–Crippen LogP) is 4.62. The molecule has 8 nitrogen and oxygen atoms in total. The number of nitrogens with one attached hydrogen (secondary N) is 3. The van der Waals surface area contributed by atoms with E-state index in [9.17, 15) is 27.6 Å². The Hall–Kier alpha value is -4.28. The molecule has 0 aliphatic rings. The summed E-state index contributed by atoms with van der Waals surface area (Å²) in [5, 5.41) is 4.60. The van der Waals surface area contributed by atoms with E-state index in [2.05, 4.69) is 15.6 Å². The summed E-state index contributed by atoms with van der Waals surface area (Å²) >= 11 is 0. The Morgan fingerprint density at radius 3 is 2.30 bits per heavy atom. The lowest BCUT2D eigenvalue weighted by Crippen LogP contribution is -2.21. The Balaban J connectivity index is 1.81. The number of urea groups is 1. The number of nitrogens with two attached hydrogens (primary N) is 1. The number of amides is 3. The molecule has 1 heterocycles. The predicted molar refractivity (Wildman–Crippen MR) is 115 cm³/mol. The fourth-order valence-corrected chi connectivity index (χ4v) is 3.13. The highest BCUT2D eigenvalue weighted by atomic mass is 19.4. The Labute approximate surface area is 185 Å². The summed E-state index contributed by atoms with van der Waals surface area (Å²) < 4.78 is 44.3. The zero-order chi connectivity index (χ0) is 24.2. The van der Waals surface area contributed by atoms with Crippen LogP contribution in [0.1, 0.15) is 33.3 Å². The minimum Gasteiger partial charge on any atom is -0.462 e. The highest BCUT2D eigenvalue weighted by molar-refractivity contribution is 6.07. The third kappa shape index (κ3) is 5.32. The lowest BCUT2D eigenvalue weighted by molar-refractivity contribution is -0.136. The van der Waals surface area contributed by atoms with Gasteiger partial charge in [-0.05, 0) is 36.8 Å². The number of carbonyl (C=O) groups excluding carboxylic acids is 3. The van der Waals surface area contributed by atoms with Crippen LogP contribution < -0.4 is 16.4 Å². The number of carbonyl (C=O) groups is 3. The molecule has 3 amide bonds. The van der Waals surface area contributed by atoms with Crippen LogP contribution in [0.25, 0.3) is 11.1 Å². The number of alkyl halides is 3. The van der Waals surface area contributed by atoms with Crippen LogP contribution in [-0.4, -0.2) is 29.5 Å². The Kier molecular flexibility index (Phi) is 6.71. The average molecular weight is 460 g/mol. The zero-order valence-corrected chi connectivity index (χ0v) is 17.2. The first-order chi connectivity index (χ1) is 15.6. The fourth-order valence-electron chi connectivity index (χ4n) is 3.13. The second-order valence-corrected chi connectivity index (χ2v) is 6.74. The largest absolute Gasteiger partial charge is 0.462 e. The minimum absolute atomic E-state index is 0.000244. The van der Waals surface area contributed by atoms with E-state index < -0.39 is 35.3 Å². The highest BCUT2D eigenvalue weighted by Crippen LogP contribution is 2.34. The number of anilines is 2. The van der Waals surface area contributed by atoms with Crippen molar-refractivity contribution in [3.05, 3.63) is 71.5 Å². The maximum Gasteiger partial charge on any atom is 0.418 e. The van der Waals surface area contributed by atoms with E-state index in [-0.39, 0.29) is 29.1 Å². The number of ether oxygens (including phenoxy) is 1. The van der Waals surface area contributed by atoms with Gasteiger partial charge in [0.1, 0.15) is 5.69 Å². The number of esters is 1. The standard InChI is InChI=1S/C22H19F3N4O4/c1-2-33-20(31)14-11-27-18(19(26)30)17(14)12-7-9-13(10-8-12)28-21(32)29-16-6-4-3-5-15(16)22(23,24)25/h3-11,27H,2H2,1H3,(H2,26,30)(H2,28,29,32). The first kappa shape index (κ1) is 23.4. The van der Waals surface area contributed by atoms with Crippen LogP contribution >= 0.6 is 0 Å². The van der Waals surface area contributed by atoms with Crippen LogP contribution in [0.3, 0.4) is 0 Å². The fraction of sp³-hybridized carbons (Fsp3) is 0.136. The number of rotatable bonds is 6. The molecule has 0 saturated heterocycles. The average Bonchev–Trinajstić information content (AvgIpc) is 3.20. The Morgan fingerprint density at radius 2 is 1.70 bits per heavy atom. The maximum absolute atomic E-state index is 13.1. The number of aromatic amines is 1. The van der Waals surface area contributed by atoms with Gasteiger partial charge in [-0.1, -0.05) is 24.3 Å². The first-order valence-corrected chi connectivity index (χ1v) is 9.64. The summed E-state index contributed by atoms with van der Waals surface area (Å²) in [5.74, 6) is -1.44. The van der Waals surface area contributed by atoms with Gasteiger partial charge in [-0.25, -0.2) is 9.59 Å². The van der Waals surface area contributed by atoms with E-state index in [1.807, 2.05) is 0 Å². The smallest absolute Gasteiger partial charge is 0.418 e. The van der Waals surface area contributed by atoms with Crippen molar-refractivity contribution in [2.75, 3.05) is 17.2 Å². The van der Waals surface area contributed by atoms with Crippen molar-refractivity contribution in [3.63, 3.8) is 0 Å². The van der Waals surface area contributed by atoms with Crippen LogP contribution in [0.2, 0.25) is 0 Å². The van der Waals surface area contributed by atoms with Crippen LogP contribution in [-0.2, 0) is 10.9 Å². The second kappa shape index (κ2) is 9.47. The number of halogens is 3. The number of hydrogen-bond donors (Lipinski definition) is 4. The maximum atomic E-state index is 13.1. The summed E-state index contributed by atoms with van der Waals surface area (Å²) in [6.07, 6.45) is -3.32. The van der Waals surface area contributed by atoms with Crippen LogP contribution in [0.4, 0.5) is 29.3 Å². The molecule has 0 bridgehead atoms. The van der Waals surface area contributed by atoms with Gasteiger partial charge in [-0.15, -0.1) is 0 Å². The zero-order valence-electron chi connectivity index (χ0n) is 17.2. The molecule has 2 aromatic carbocycles. The molecule has 0 spiro atoms. The molecule has 33 heavy (non-hydrogen) atoms. The van der Waals surface area contributed by atoms with E-state index in [4.69, 9.17) is 10.5 Å². The van der Waals surface area contributed by atoms with Crippen molar-refractivity contribution in [2.45, 2.75) is 13.1 Å². The van der Waals surface area contributed by atoms with Gasteiger partial charge >= 0.3 is 18.2 Å². The molecule has 172 valence electrons. The SMILES string of the molecule is CCOC(=O)c1c[nH]c(C(N)=O)c1-c1ccc(NC(=O)Nc2ccccc2C(F)(F)F)cc1. The summed E-state index contributed by atoms with van der Waals surface area (Å²) in [6.45, 7) is 1.77. The summed E-state index contributed by atoms with van der Waals surface area (Å²) in [4.78, 5) is 38.9. The number of benzene rings is 2. The lowest BCUT2D eigenvalue weighted by Gasteiger charge is -2.14. The molecular formula is C22H19F3N4O4. The van der Waals surface area contributed by atoms with Crippen molar-refractivity contribution in [3.8, 4) is 11.1 Å². The molecule has 0 unspecified atom stereocenters. The van der Waals surface area contributed by atoms with Gasteiger partial charge in [0, 0.05) is 17.4 Å². The summed E-state index contributed by atoms with van der Waals surface area (Å²) in [7, 11) is 0. The molecule has 0 atom stereocenters. The molecule has 0 aliphatic heterocycles. The van der Waals surface area contributed by atoms with Gasteiger partial charge in [0.05, 0.1) is 23.4 Å². The van der Waals surface area contributed by atoms with Crippen molar-refractivity contribution >= 4 is 29.3 Å². The summed E-state index contributed by atoms with van der Waals surface area (Å²) in [5.41, 5.74) is 5.04. The van der Waals surface area contributed by atoms with E-state index in [1.54, 1.807) is 6.92 Å². The van der Waals surface area contributed by atoms with Gasteiger partial charge in [0.2, 0.25) is 0 Å². The molecule has 3 aromatic rings. The van der Waals surface area contributed by atoms with Crippen molar-refractivity contribution < 1.29 is 32.3 Å². The molecule has 3 rings (SSSR count). The topological polar surface area (TPSA) is 126 Å². The number of H-pyrrole nitrogens is 1.